The normalized spacial score (nSPS) is 13.2. The molecule has 0 bridgehead atoms. The zero-order chi connectivity index (χ0) is 19.6. The molecule has 1 N–H and O–H groups in total. The van der Waals surface area contributed by atoms with Crippen molar-refractivity contribution in [1.29, 1.82) is 0 Å². The van der Waals surface area contributed by atoms with Gasteiger partial charge in [-0.05, 0) is 35.7 Å². The number of carbonyl (C=O) groups excluding carboxylic acids is 1. The lowest BCUT2D eigenvalue weighted by atomic mass is 10.0. The predicted molar refractivity (Wildman–Crippen MR) is 113 cm³/mol. The molecule has 1 amide bonds. The maximum Gasteiger partial charge on any atom is 0.274 e. The highest BCUT2D eigenvalue weighted by Crippen LogP contribution is 2.23. The monoisotopic (exact) mass is 381 g/mol. The summed E-state index contributed by atoms with van der Waals surface area (Å²) in [5.74, 6) is 0.299. The molecule has 142 valence electrons. The SMILES string of the molecule is O=C(Nc1cccc2cccnc12)c1ccnc(N2CCc3ccccc3C2)n1. The predicted octanol–water partition coefficient (Wildman–Crippen LogP) is 3.84. The van der Waals surface area contributed by atoms with Gasteiger partial charge in [0.15, 0.2) is 0 Å². The number of rotatable bonds is 3. The van der Waals surface area contributed by atoms with Gasteiger partial charge in [0.2, 0.25) is 5.95 Å². The van der Waals surface area contributed by atoms with E-state index in [1.165, 1.54) is 11.1 Å². The van der Waals surface area contributed by atoms with Gasteiger partial charge in [-0.3, -0.25) is 9.78 Å². The summed E-state index contributed by atoms with van der Waals surface area (Å²) in [5.41, 5.74) is 4.40. The van der Waals surface area contributed by atoms with Crippen molar-refractivity contribution in [3.05, 3.63) is 89.9 Å². The number of carbonyl (C=O) groups is 1. The summed E-state index contributed by atoms with van der Waals surface area (Å²) < 4.78 is 0. The molecule has 0 unspecified atom stereocenters. The van der Waals surface area contributed by atoms with E-state index in [1.807, 2.05) is 36.4 Å². The summed E-state index contributed by atoms with van der Waals surface area (Å²) in [4.78, 5) is 28.3. The fourth-order valence-electron chi connectivity index (χ4n) is 3.69. The van der Waals surface area contributed by atoms with Crippen LogP contribution in [0, 0.1) is 0 Å². The first-order valence-electron chi connectivity index (χ1n) is 9.58. The Balaban J connectivity index is 1.39. The second-order valence-electron chi connectivity index (χ2n) is 7.02. The van der Waals surface area contributed by atoms with Gasteiger partial charge in [0, 0.05) is 30.9 Å². The molecule has 6 nitrogen and oxygen atoms in total. The molecule has 0 saturated carbocycles. The van der Waals surface area contributed by atoms with Crippen LogP contribution in [0.25, 0.3) is 10.9 Å². The summed E-state index contributed by atoms with van der Waals surface area (Å²) in [6.07, 6.45) is 4.30. The van der Waals surface area contributed by atoms with E-state index in [-0.39, 0.29) is 5.91 Å². The average Bonchev–Trinajstić information content (AvgIpc) is 2.79. The minimum absolute atomic E-state index is 0.274. The minimum atomic E-state index is -0.274. The first-order chi connectivity index (χ1) is 14.3. The molecule has 0 aliphatic carbocycles. The molecule has 0 fully saturated rings. The molecule has 0 saturated heterocycles. The maximum absolute atomic E-state index is 12.8. The van der Waals surface area contributed by atoms with Gasteiger partial charge < -0.3 is 10.2 Å². The molecule has 1 aliphatic heterocycles. The minimum Gasteiger partial charge on any atom is -0.336 e. The largest absolute Gasteiger partial charge is 0.336 e. The van der Waals surface area contributed by atoms with Crippen LogP contribution in [0.5, 0.6) is 0 Å². The van der Waals surface area contributed by atoms with Gasteiger partial charge in [0.1, 0.15) is 5.69 Å². The molecule has 6 heteroatoms. The molecule has 3 heterocycles. The molecular formula is C23H19N5O. The number of hydrogen-bond acceptors (Lipinski definition) is 5. The quantitative estimate of drug-likeness (QED) is 0.584. The van der Waals surface area contributed by atoms with Crippen LogP contribution in [0.4, 0.5) is 11.6 Å². The van der Waals surface area contributed by atoms with E-state index in [4.69, 9.17) is 0 Å². The lowest BCUT2D eigenvalue weighted by molar-refractivity contribution is 0.102. The standard InChI is InChI=1S/C23H19N5O/c29-22(26-19-9-3-7-17-8-4-12-24-21(17)19)20-10-13-25-23(27-20)28-14-11-16-5-1-2-6-18(16)15-28/h1-10,12-13H,11,14-15H2,(H,26,29). The Morgan fingerprint density at radius 3 is 2.69 bits per heavy atom. The highest BCUT2D eigenvalue weighted by atomic mass is 16.1. The van der Waals surface area contributed by atoms with Crippen molar-refractivity contribution in [2.75, 3.05) is 16.8 Å². The molecule has 2 aromatic carbocycles. The van der Waals surface area contributed by atoms with E-state index >= 15 is 0 Å². The second kappa shape index (κ2) is 7.31. The zero-order valence-corrected chi connectivity index (χ0v) is 15.7. The van der Waals surface area contributed by atoms with Crippen LogP contribution in [0.15, 0.2) is 73.1 Å². The van der Waals surface area contributed by atoms with E-state index < -0.39 is 0 Å². The van der Waals surface area contributed by atoms with E-state index in [0.29, 0.717) is 17.3 Å². The van der Waals surface area contributed by atoms with Crippen LogP contribution in [0.2, 0.25) is 0 Å². The van der Waals surface area contributed by atoms with Crippen LogP contribution >= 0.6 is 0 Å². The first-order valence-corrected chi connectivity index (χ1v) is 9.58. The number of anilines is 2. The van der Waals surface area contributed by atoms with E-state index in [9.17, 15) is 4.79 Å². The van der Waals surface area contributed by atoms with Crippen LogP contribution < -0.4 is 10.2 Å². The van der Waals surface area contributed by atoms with Gasteiger partial charge in [-0.25, -0.2) is 9.97 Å². The van der Waals surface area contributed by atoms with Gasteiger partial charge in [-0.15, -0.1) is 0 Å². The third-order valence-corrected chi connectivity index (χ3v) is 5.17. The number of amides is 1. The lowest BCUT2D eigenvalue weighted by Crippen LogP contribution is -2.32. The van der Waals surface area contributed by atoms with Gasteiger partial charge in [-0.1, -0.05) is 42.5 Å². The molecule has 0 radical (unpaired) electrons. The summed E-state index contributed by atoms with van der Waals surface area (Å²) in [7, 11) is 0. The fraction of sp³-hybridized carbons (Fsp3) is 0.130. The van der Waals surface area contributed by atoms with E-state index in [1.54, 1.807) is 18.5 Å². The maximum atomic E-state index is 12.8. The van der Waals surface area contributed by atoms with Crippen LogP contribution in [0.3, 0.4) is 0 Å². The Morgan fingerprint density at radius 1 is 0.897 bits per heavy atom. The average molecular weight is 381 g/mol. The van der Waals surface area contributed by atoms with Crippen molar-refractivity contribution in [2.24, 2.45) is 0 Å². The van der Waals surface area contributed by atoms with Crippen LogP contribution in [0.1, 0.15) is 21.6 Å². The van der Waals surface area contributed by atoms with Gasteiger partial charge in [-0.2, -0.15) is 0 Å². The smallest absolute Gasteiger partial charge is 0.274 e. The molecule has 29 heavy (non-hydrogen) atoms. The summed E-state index contributed by atoms with van der Waals surface area (Å²) in [6, 6.07) is 19.6. The summed E-state index contributed by atoms with van der Waals surface area (Å²) >= 11 is 0. The molecule has 0 spiro atoms. The first kappa shape index (κ1) is 17.3. The summed E-state index contributed by atoms with van der Waals surface area (Å²) in [5, 5.41) is 3.91. The van der Waals surface area contributed by atoms with Crippen molar-refractivity contribution in [1.82, 2.24) is 15.0 Å². The Bertz CT molecular complexity index is 1200. The molecule has 2 aromatic heterocycles. The van der Waals surface area contributed by atoms with Crippen molar-refractivity contribution < 1.29 is 4.79 Å². The topological polar surface area (TPSA) is 71.0 Å². The second-order valence-corrected chi connectivity index (χ2v) is 7.02. The Hall–Kier alpha value is -3.80. The number of aromatic nitrogens is 3. The number of nitrogens with zero attached hydrogens (tertiary/aromatic N) is 4. The Labute approximate surface area is 168 Å². The third-order valence-electron chi connectivity index (χ3n) is 5.17. The Kier molecular flexibility index (Phi) is 4.37. The highest BCUT2D eigenvalue weighted by molar-refractivity contribution is 6.07. The van der Waals surface area contributed by atoms with Crippen molar-refractivity contribution in [3.63, 3.8) is 0 Å². The Morgan fingerprint density at radius 2 is 1.76 bits per heavy atom. The number of pyridine rings is 1. The van der Waals surface area contributed by atoms with Crippen molar-refractivity contribution >= 4 is 28.4 Å². The van der Waals surface area contributed by atoms with E-state index in [0.717, 1.165) is 30.4 Å². The van der Waals surface area contributed by atoms with Crippen LogP contribution in [-0.2, 0) is 13.0 Å². The van der Waals surface area contributed by atoms with Gasteiger partial charge >= 0.3 is 0 Å². The molecule has 5 rings (SSSR count). The van der Waals surface area contributed by atoms with Gasteiger partial charge in [0.05, 0.1) is 11.2 Å². The summed E-state index contributed by atoms with van der Waals surface area (Å²) in [6.45, 7) is 1.57. The highest BCUT2D eigenvalue weighted by Gasteiger charge is 2.19. The molecule has 1 aliphatic rings. The van der Waals surface area contributed by atoms with Crippen LogP contribution in [-0.4, -0.2) is 27.4 Å². The fourth-order valence-corrected chi connectivity index (χ4v) is 3.69. The third kappa shape index (κ3) is 3.40. The molecular weight excluding hydrogens is 362 g/mol. The number of nitrogens with one attached hydrogen (secondary N) is 1. The van der Waals surface area contributed by atoms with Crippen molar-refractivity contribution in [3.8, 4) is 0 Å². The van der Waals surface area contributed by atoms with Gasteiger partial charge in [0.25, 0.3) is 5.91 Å². The number of fused-ring (bicyclic) bond motifs is 2. The van der Waals surface area contributed by atoms with Crippen molar-refractivity contribution in [2.45, 2.75) is 13.0 Å². The molecule has 4 aromatic rings. The number of benzene rings is 2. The van der Waals surface area contributed by atoms with E-state index in [2.05, 4.69) is 43.4 Å². The zero-order valence-electron chi connectivity index (χ0n) is 15.7. The lowest BCUT2D eigenvalue weighted by Gasteiger charge is -2.28. The number of para-hydroxylation sites is 1. The number of hydrogen-bond donors (Lipinski definition) is 1. The molecule has 0 atom stereocenters.